The van der Waals surface area contributed by atoms with Gasteiger partial charge in [-0.25, -0.2) is 0 Å². The Balaban J connectivity index is 1.39. The Labute approximate surface area is 158 Å². The van der Waals surface area contributed by atoms with Crippen molar-refractivity contribution in [3.8, 4) is 17.1 Å². The Bertz CT molecular complexity index is 922. The van der Waals surface area contributed by atoms with Gasteiger partial charge in [-0.05, 0) is 42.2 Å². The van der Waals surface area contributed by atoms with Crippen LogP contribution < -0.4 is 4.74 Å². The van der Waals surface area contributed by atoms with E-state index in [1.54, 1.807) is 7.11 Å². The van der Waals surface area contributed by atoms with Crippen LogP contribution in [-0.4, -0.2) is 44.8 Å². The van der Waals surface area contributed by atoms with Crippen molar-refractivity contribution < 1.29 is 4.74 Å². The predicted molar refractivity (Wildman–Crippen MR) is 102 cm³/mol. The zero-order valence-corrected chi connectivity index (χ0v) is 15.5. The summed E-state index contributed by atoms with van der Waals surface area (Å²) >= 11 is 0. The van der Waals surface area contributed by atoms with Gasteiger partial charge < -0.3 is 9.30 Å². The van der Waals surface area contributed by atoms with Crippen molar-refractivity contribution in [3.05, 3.63) is 60.2 Å². The van der Waals surface area contributed by atoms with Gasteiger partial charge in [-0.15, -0.1) is 10.2 Å². The van der Waals surface area contributed by atoms with Crippen LogP contribution >= 0.6 is 0 Å². The lowest BCUT2D eigenvalue weighted by Gasteiger charge is -2.27. The van der Waals surface area contributed by atoms with Gasteiger partial charge in [0.05, 0.1) is 13.2 Å². The number of hydrogen-bond acceptors (Lipinski definition) is 5. The monoisotopic (exact) mass is 361 g/mol. The minimum Gasteiger partial charge on any atom is -0.497 e. The summed E-state index contributed by atoms with van der Waals surface area (Å²) in [6.07, 6.45) is 5.84. The largest absolute Gasteiger partial charge is 0.497 e. The maximum absolute atomic E-state index is 5.27. The molecule has 0 unspecified atom stereocenters. The van der Waals surface area contributed by atoms with E-state index in [4.69, 9.17) is 4.74 Å². The lowest BCUT2D eigenvalue weighted by molar-refractivity contribution is 0.313. The second kappa shape index (κ2) is 6.78. The van der Waals surface area contributed by atoms with E-state index in [0.29, 0.717) is 12.0 Å². The summed E-state index contributed by atoms with van der Waals surface area (Å²) in [5.41, 5.74) is 2.42. The highest BCUT2D eigenvalue weighted by Gasteiger charge is 2.39. The Morgan fingerprint density at radius 1 is 1.04 bits per heavy atom. The maximum Gasteiger partial charge on any atom is 0.164 e. The van der Waals surface area contributed by atoms with E-state index in [-0.39, 0.29) is 0 Å². The summed E-state index contributed by atoms with van der Waals surface area (Å²) in [5.74, 6) is 3.67. The molecule has 0 bridgehead atoms. The molecule has 2 aliphatic rings. The average molecular weight is 361 g/mol. The third kappa shape index (κ3) is 3.00. The molecule has 6 nitrogen and oxygen atoms in total. The predicted octanol–water partition coefficient (Wildman–Crippen LogP) is 2.97. The van der Waals surface area contributed by atoms with E-state index < -0.39 is 0 Å². The summed E-state index contributed by atoms with van der Waals surface area (Å²) in [6, 6.07) is 12.9. The van der Waals surface area contributed by atoms with Gasteiger partial charge in [0.15, 0.2) is 5.82 Å². The maximum atomic E-state index is 5.27. The third-order valence-electron chi connectivity index (χ3n) is 5.82. The molecule has 138 valence electrons. The molecule has 3 aromatic rings. The topological polar surface area (TPSA) is 56.1 Å². The van der Waals surface area contributed by atoms with Crippen LogP contribution in [0.4, 0.5) is 0 Å². The molecule has 27 heavy (non-hydrogen) atoms. The van der Waals surface area contributed by atoms with Crippen LogP contribution in [0.3, 0.4) is 0 Å². The van der Waals surface area contributed by atoms with Crippen LogP contribution in [0.5, 0.6) is 5.75 Å². The second-order valence-corrected chi connectivity index (χ2v) is 7.45. The molecule has 0 amide bonds. The molecular formula is C21H23N5O. The quantitative estimate of drug-likeness (QED) is 0.715. The minimum atomic E-state index is 0.449. The molecule has 0 N–H and O–H groups in total. The lowest BCUT2D eigenvalue weighted by Crippen LogP contribution is -2.26. The molecule has 2 atom stereocenters. The Kier molecular flexibility index (Phi) is 4.13. The Morgan fingerprint density at radius 3 is 2.63 bits per heavy atom. The highest BCUT2D eigenvalue weighted by molar-refractivity contribution is 5.54. The van der Waals surface area contributed by atoms with Crippen LogP contribution in [0.25, 0.3) is 11.4 Å². The fourth-order valence-corrected chi connectivity index (χ4v) is 4.49. The van der Waals surface area contributed by atoms with E-state index in [2.05, 4.69) is 36.8 Å². The number of nitrogens with zero attached hydrogens (tertiary/aromatic N) is 5. The van der Waals surface area contributed by atoms with Crippen molar-refractivity contribution in [2.75, 3.05) is 20.2 Å². The van der Waals surface area contributed by atoms with Crippen molar-refractivity contribution in [2.45, 2.75) is 25.4 Å². The Morgan fingerprint density at radius 2 is 1.85 bits per heavy atom. The Hall–Kier alpha value is -2.73. The second-order valence-electron chi connectivity index (χ2n) is 7.45. The zero-order chi connectivity index (χ0) is 18.2. The van der Waals surface area contributed by atoms with Gasteiger partial charge in [0.25, 0.3) is 0 Å². The molecule has 0 spiro atoms. The highest BCUT2D eigenvalue weighted by atomic mass is 16.5. The molecule has 5 rings (SSSR count). The minimum absolute atomic E-state index is 0.449. The number of ether oxygens (including phenoxy) is 1. The summed E-state index contributed by atoms with van der Waals surface area (Å²) < 4.78 is 7.65. The number of pyridine rings is 1. The van der Waals surface area contributed by atoms with E-state index in [9.17, 15) is 0 Å². The van der Waals surface area contributed by atoms with Crippen LogP contribution in [0, 0.1) is 5.92 Å². The zero-order valence-electron chi connectivity index (χ0n) is 15.5. The van der Waals surface area contributed by atoms with Gasteiger partial charge in [-0.2, -0.15) is 0 Å². The first-order valence-electron chi connectivity index (χ1n) is 9.51. The molecule has 0 radical (unpaired) electrons. The molecule has 1 saturated heterocycles. The van der Waals surface area contributed by atoms with Crippen molar-refractivity contribution >= 4 is 0 Å². The van der Waals surface area contributed by atoms with Gasteiger partial charge in [0, 0.05) is 44.0 Å². The molecule has 2 aliphatic heterocycles. The van der Waals surface area contributed by atoms with E-state index >= 15 is 0 Å². The molecule has 1 fully saturated rings. The molecule has 0 aliphatic carbocycles. The molecule has 0 saturated carbocycles. The van der Waals surface area contributed by atoms with Crippen LogP contribution in [0.15, 0.2) is 48.8 Å². The fraction of sp³-hybridized carbons (Fsp3) is 0.381. The highest BCUT2D eigenvalue weighted by Crippen LogP contribution is 2.39. The van der Waals surface area contributed by atoms with Crippen molar-refractivity contribution in [1.82, 2.24) is 24.6 Å². The summed E-state index contributed by atoms with van der Waals surface area (Å²) in [6.45, 7) is 3.14. The first kappa shape index (κ1) is 16.4. The summed E-state index contributed by atoms with van der Waals surface area (Å²) in [7, 11) is 1.71. The third-order valence-corrected chi connectivity index (χ3v) is 5.82. The number of fused-ring (bicyclic) bond motifs is 3. The number of rotatable bonds is 4. The number of aryl methyl sites for hydroxylation is 1. The van der Waals surface area contributed by atoms with Crippen molar-refractivity contribution in [1.29, 1.82) is 0 Å². The molecule has 4 heterocycles. The smallest absolute Gasteiger partial charge is 0.164 e. The molecule has 1 aromatic carbocycles. The molecule has 6 heteroatoms. The van der Waals surface area contributed by atoms with Crippen molar-refractivity contribution in [2.24, 2.45) is 5.92 Å². The van der Waals surface area contributed by atoms with Gasteiger partial charge >= 0.3 is 0 Å². The summed E-state index contributed by atoms with van der Waals surface area (Å²) in [4.78, 5) is 6.69. The van der Waals surface area contributed by atoms with Gasteiger partial charge in [0.2, 0.25) is 0 Å². The molecule has 2 aromatic heterocycles. The number of benzene rings is 1. The number of hydrogen-bond donors (Lipinski definition) is 0. The van der Waals surface area contributed by atoms with Crippen LogP contribution in [0.1, 0.15) is 23.9 Å². The van der Waals surface area contributed by atoms with Gasteiger partial charge in [-0.1, -0.05) is 12.1 Å². The van der Waals surface area contributed by atoms with Gasteiger partial charge in [-0.3, -0.25) is 9.88 Å². The molecular weight excluding hydrogens is 338 g/mol. The number of methoxy groups -OCH3 is 1. The van der Waals surface area contributed by atoms with Crippen molar-refractivity contribution in [3.63, 3.8) is 0 Å². The van der Waals surface area contributed by atoms with Gasteiger partial charge in [0.1, 0.15) is 11.6 Å². The number of aromatic nitrogens is 4. The average Bonchev–Trinajstić information content (AvgIpc) is 3.32. The first-order valence-corrected chi connectivity index (χ1v) is 9.51. The fourth-order valence-electron chi connectivity index (χ4n) is 4.49. The number of likely N-dealkylation sites (tertiary alicyclic amines) is 1. The summed E-state index contributed by atoms with van der Waals surface area (Å²) in [5, 5.41) is 8.99. The van der Waals surface area contributed by atoms with E-state index in [0.717, 1.165) is 49.0 Å². The van der Waals surface area contributed by atoms with E-state index in [1.807, 2.05) is 36.7 Å². The SMILES string of the molecule is COc1ccc(CN2C[C@H]3CCc4nnc(-c5ccncc5)n4[C@H]3C2)cc1. The first-order chi connectivity index (χ1) is 13.3. The lowest BCUT2D eigenvalue weighted by atomic mass is 9.93. The van der Waals surface area contributed by atoms with E-state index in [1.165, 1.54) is 12.0 Å². The normalized spacial score (nSPS) is 21.7. The standard InChI is InChI=1S/C21H23N5O/c1-27-18-5-2-15(3-6-18)12-25-13-17-4-7-20-23-24-21(26(20)19(17)14-25)16-8-10-22-11-9-16/h2-3,5-6,8-11,17,19H,4,7,12-14H2,1H3/t17-,19+/m1/s1. The van der Waals surface area contributed by atoms with Crippen LogP contribution in [0.2, 0.25) is 0 Å². The van der Waals surface area contributed by atoms with Crippen LogP contribution in [-0.2, 0) is 13.0 Å².